The highest BCUT2D eigenvalue weighted by atomic mass is 35.5. The van der Waals surface area contributed by atoms with E-state index in [1.165, 1.54) is 38.4 Å². The van der Waals surface area contributed by atoms with Gasteiger partial charge in [-0.05, 0) is 42.5 Å². The molecule has 0 bridgehead atoms. The Morgan fingerprint density at radius 1 is 1.19 bits per heavy atom. The number of H-pyrrole nitrogens is 1. The van der Waals surface area contributed by atoms with E-state index in [-0.39, 0.29) is 5.91 Å². The van der Waals surface area contributed by atoms with Gasteiger partial charge < -0.3 is 20.6 Å². The molecule has 0 radical (unpaired) electrons. The highest BCUT2D eigenvalue weighted by Gasteiger charge is 2.17. The Hall–Kier alpha value is -3.13. The van der Waals surface area contributed by atoms with Crippen LogP contribution in [-0.2, 0) is 17.9 Å². The van der Waals surface area contributed by atoms with E-state index in [2.05, 4.69) is 25.3 Å². The van der Waals surface area contributed by atoms with E-state index >= 15 is 0 Å². The van der Waals surface area contributed by atoms with Gasteiger partial charge in [0.05, 0.1) is 24.9 Å². The van der Waals surface area contributed by atoms with Crippen LogP contribution in [0.3, 0.4) is 0 Å². The summed E-state index contributed by atoms with van der Waals surface area (Å²) in [5.41, 5.74) is 10.1. The Bertz CT molecular complexity index is 1270. The lowest BCUT2D eigenvalue weighted by molar-refractivity contribution is -0.122. The van der Waals surface area contributed by atoms with Gasteiger partial charge in [0.1, 0.15) is 11.8 Å². The summed E-state index contributed by atoms with van der Waals surface area (Å²) in [6, 6.07) is 5.90. The van der Waals surface area contributed by atoms with Crippen LogP contribution in [0.1, 0.15) is 49.8 Å². The van der Waals surface area contributed by atoms with E-state index in [1.54, 1.807) is 6.33 Å². The van der Waals surface area contributed by atoms with Gasteiger partial charge in [-0.2, -0.15) is 0 Å². The lowest BCUT2D eigenvalue weighted by atomic mass is 9.87. The lowest BCUT2D eigenvalue weighted by Crippen LogP contribution is -2.26. The van der Waals surface area contributed by atoms with Crippen LogP contribution in [0.15, 0.2) is 30.9 Å². The molecule has 4 aromatic rings. The number of amides is 1. The summed E-state index contributed by atoms with van der Waals surface area (Å²) in [6.45, 7) is 0.993. The number of imidazole rings is 1. The van der Waals surface area contributed by atoms with Gasteiger partial charge in [0.2, 0.25) is 5.91 Å². The van der Waals surface area contributed by atoms with Gasteiger partial charge in [-0.25, -0.2) is 15.0 Å². The molecule has 3 aromatic heterocycles. The predicted octanol–water partition coefficient (Wildman–Crippen LogP) is 4.18. The first-order valence-electron chi connectivity index (χ1n) is 11.0. The quantitative estimate of drug-likeness (QED) is 0.407. The minimum absolute atomic E-state index is 0.121. The van der Waals surface area contributed by atoms with E-state index in [0.29, 0.717) is 47.4 Å². The number of aromatic nitrogens is 5. The first-order valence-corrected chi connectivity index (χ1v) is 11.4. The molecule has 166 valence electrons. The van der Waals surface area contributed by atoms with Crippen LogP contribution in [0, 0.1) is 5.92 Å². The smallest absolute Gasteiger partial charge is 0.220 e. The second-order valence-corrected chi connectivity index (χ2v) is 9.05. The molecule has 0 unspecified atom stereocenters. The minimum Gasteiger partial charge on any atom is -0.382 e. The van der Waals surface area contributed by atoms with Gasteiger partial charge in [-0.3, -0.25) is 4.79 Å². The number of nitrogens with two attached hydrogens (primary N) is 1. The maximum absolute atomic E-state index is 12.4. The zero-order valence-electron chi connectivity index (χ0n) is 17.8. The number of benzene rings is 1. The fourth-order valence-corrected chi connectivity index (χ4v) is 4.92. The fourth-order valence-electron chi connectivity index (χ4n) is 4.67. The largest absolute Gasteiger partial charge is 0.382 e. The van der Waals surface area contributed by atoms with Gasteiger partial charge in [-0.15, -0.1) is 0 Å². The molecular weight excluding hydrogens is 426 g/mol. The summed E-state index contributed by atoms with van der Waals surface area (Å²) in [6.07, 6.45) is 9.89. The van der Waals surface area contributed by atoms with Gasteiger partial charge in [0.15, 0.2) is 11.5 Å². The molecular formula is C23H26ClN7O. The molecule has 0 atom stereocenters. The molecule has 1 saturated carbocycles. The number of rotatable bonds is 6. The standard InChI is InChI=1S/C23H26ClN7O/c24-17-7-15-9-18(10-26-19(32)6-14-4-2-1-3-5-14)30-20(15)16(8-17)11-31-13-29-21-22(25)27-12-28-23(21)31/h7-9,12-14,30H,1-6,10-11H2,(H,26,32)(H2,25,27,28). The molecule has 1 fully saturated rings. The maximum Gasteiger partial charge on any atom is 0.220 e. The van der Waals surface area contributed by atoms with Gasteiger partial charge in [0.25, 0.3) is 0 Å². The molecule has 3 heterocycles. The molecule has 32 heavy (non-hydrogen) atoms. The molecule has 0 spiro atoms. The number of fused-ring (bicyclic) bond motifs is 2. The predicted molar refractivity (Wildman–Crippen MR) is 125 cm³/mol. The summed E-state index contributed by atoms with van der Waals surface area (Å²) in [5.74, 6) is 1.01. The van der Waals surface area contributed by atoms with Crippen LogP contribution in [0.2, 0.25) is 5.02 Å². The Kier molecular flexibility index (Phi) is 5.70. The average molecular weight is 452 g/mol. The Labute approximate surface area is 190 Å². The average Bonchev–Trinajstić information content (AvgIpc) is 3.38. The summed E-state index contributed by atoms with van der Waals surface area (Å²) in [7, 11) is 0. The maximum atomic E-state index is 12.4. The number of hydrogen-bond acceptors (Lipinski definition) is 5. The van der Waals surface area contributed by atoms with Crippen molar-refractivity contribution in [2.75, 3.05) is 5.73 Å². The summed E-state index contributed by atoms with van der Waals surface area (Å²) in [5, 5.41) is 4.72. The molecule has 1 amide bonds. The van der Waals surface area contributed by atoms with Crippen molar-refractivity contribution < 1.29 is 4.79 Å². The van der Waals surface area contributed by atoms with Crippen molar-refractivity contribution in [1.29, 1.82) is 0 Å². The number of halogens is 1. The minimum atomic E-state index is 0.121. The molecule has 0 saturated heterocycles. The normalized spacial score (nSPS) is 14.9. The SMILES string of the molecule is Nc1ncnc2c1ncn2Cc1cc(Cl)cc2cc(CNC(=O)CC3CCCCC3)[nH]c12. The van der Waals surface area contributed by atoms with E-state index in [9.17, 15) is 4.79 Å². The number of nitrogens with zero attached hydrogens (tertiary/aromatic N) is 4. The fraction of sp³-hybridized carbons (Fsp3) is 0.391. The lowest BCUT2D eigenvalue weighted by Gasteiger charge is -2.20. The summed E-state index contributed by atoms with van der Waals surface area (Å²) < 4.78 is 1.92. The van der Waals surface area contributed by atoms with Crippen molar-refractivity contribution in [1.82, 2.24) is 29.8 Å². The topological polar surface area (TPSA) is 115 Å². The zero-order valence-corrected chi connectivity index (χ0v) is 18.5. The highest BCUT2D eigenvalue weighted by Crippen LogP contribution is 2.28. The summed E-state index contributed by atoms with van der Waals surface area (Å²) >= 11 is 6.40. The van der Waals surface area contributed by atoms with E-state index in [0.717, 1.165) is 22.2 Å². The monoisotopic (exact) mass is 451 g/mol. The van der Waals surface area contributed by atoms with Crippen LogP contribution in [0.5, 0.6) is 0 Å². The third-order valence-electron chi connectivity index (χ3n) is 6.28. The van der Waals surface area contributed by atoms with Crippen molar-refractivity contribution in [3.8, 4) is 0 Å². The molecule has 4 N–H and O–H groups in total. The van der Waals surface area contributed by atoms with E-state index in [1.807, 2.05) is 22.8 Å². The van der Waals surface area contributed by atoms with Crippen LogP contribution in [0.25, 0.3) is 22.1 Å². The van der Waals surface area contributed by atoms with Gasteiger partial charge in [-0.1, -0.05) is 30.9 Å². The molecule has 9 heteroatoms. The first-order chi connectivity index (χ1) is 15.6. The summed E-state index contributed by atoms with van der Waals surface area (Å²) in [4.78, 5) is 28.5. The molecule has 0 aliphatic heterocycles. The molecule has 8 nitrogen and oxygen atoms in total. The first kappa shape index (κ1) is 20.8. The van der Waals surface area contributed by atoms with Crippen LogP contribution < -0.4 is 11.1 Å². The van der Waals surface area contributed by atoms with Crippen LogP contribution in [-0.4, -0.2) is 30.4 Å². The number of nitrogens with one attached hydrogen (secondary N) is 2. The van der Waals surface area contributed by atoms with Crippen molar-refractivity contribution >= 4 is 45.4 Å². The molecule has 5 rings (SSSR count). The number of carbonyl (C=O) groups excluding carboxylic acids is 1. The third-order valence-corrected chi connectivity index (χ3v) is 6.49. The number of nitrogen functional groups attached to an aromatic ring is 1. The second-order valence-electron chi connectivity index (χ2n) is 8.61. The van der Waals surface area contributed by atoms with Gasteiger partial charge in [0, 0.05) is 22.5 Å². The van der Waals surface area contributed by atoms with Gasteiger partial charge >= 0.3 is 0 Å². The molecule has 1 aromatic carbocycles. The Balaban J connectivity index is 1.34. The number of aromatic amines is 1. The van der Waals surface area contributed by atoms with Crippen LogP contribution in [0.4, 0.5) is 5.82 Å². The zero-order chi connectivity index (χ0) is 22.1. The number of carbonyl (C=O) groups is 1. The Morgan fingerprint density at radius 2 is 2.03 bits per heavy atom. The number of hydrogen-bond donors (Lipinski definition) is 3. The Morgan fingerprint density at radius 3 is 2.88 bits per heavy atom. The van der Waals surface area contributed by atoms with E-state index < -0.39 is 0 Å². The number of anilines is 1. The third kappa shape index (κ3) is 4.27. The van der Waals surface area contributed by atoms with Crippen molar-refractivity contribution in [2.24, 2.45) is 5.92 Å². The molecule has 1 aliphatic rings. The second kappa shape index (κ2) is 8.78. The van der Waals surface area contributed by atoms with Crippen molar-refractivity contribution in [2.45, 2.75) is 51.6 Å². The van der Waals surface area contributed by atoms with Crippen molar-refractivity contribution in [3.05, 3.63) is 47.1 Å². The van der Waals surface area contributed by atoms with E-state index in [4.69, 9.17) is 17.3 Å². The molecule has 1 aliphatic carbocycles. The van der Waals surface area contributed by atoms with Crippen LogP contribution >= 0.6 is 11.6 Å². The highest BCUT2D eigenvalue weighted by molar-refractivity contribution is 6.31. The van der Waals surface area contributed by atoms with Crippen molar-refractivity contribution in [3.63, 3.8) is 0 Å².